The number of hydrogen-bond acceptors (Lipinski definition) is 5. The summed E-state index contributed by atoms with van der Waals surface area (Å²) in [4.78, 5) is 14.6. The Kier molecular flexibility index (Phi) is 4.66. The van der Waals surface area contributed by atoms with Gasteiger partial charge in [0.1, 0.15) is 4.88 Å². The van der Waals surface area contributed by atoms with Crippen molar-refractivity contribution in [2.24, 2.45) is 0 Å². The van der Waals surface area contributed by atoms with Crippen LogP contribution in [0.4, 0.5) is 10.7 Å². The van der Waals surface area contributed by atoms with Crippen LogP contribution < -0.4 is 16.0 Å². The maximum atomic E-state index is 11.9. The number of carbonyl (C=O) groups excluding carboxylic acids is 1. The molecule has 5 nitrogen and oxygen atoms in total. The molecule has 0 saturated carbocycles. The van der Waals surface area contributed by atoms with E-state index in [1.807, 2.05) is 13.0 Å². The zero-order valence-electron chi connectivity index (χ0n) is 11.2. The van der Waals surface area contributed by atoms with Gasteiger partial charge in [-0.3, -0.25) is 4.79 Å². The number of nitrogens with zero attached hydrogens (tertiary/aromatic N) is 1. The molecule has 0 aliphatic carbocycles. The second-order valence-corrected chi connectivity index (χ2v) is 5.90. The number of nitrogen functional groups attached to an aromatic ring is 1. The molecule has 106 valence electrons. The molecule has 1 fully saturated rings. The minimum atomic E-state index is -0.283. The maximum absolute atomic E-state index is 11.9. The number of hydrogen-bond donors (Lipinski definition) is 3. The molecule has 1 aromatic rings. The van der Waals surface area contributed by atoms with Crippen LogP contribution in [0.1, 0.15) is 35.9 Å². The Balaban J connectivity index is 2.09. The highest BCUT2D eigenvalue weighted by molar-refractivity contribution is 7.18. The lowest BCUT2D eigenvalue weighted by atomic mass is 10.1. The van der Waals surface area contributed by atoms with Crippen LogP contribution in [0.5, 0.6) is 0 Å². The Bertz CT molecular complexity index is 447. The van der Waals surface area contributed by atoms with E-state index in [-0.39, 0.29) is 12.0 Å². The van der Waals surface area contributed by atoms with E-state index in [2.05, 4.69) is 10.2 Å². The van der Waals surface area contributed by atoms with Crippen molar-refractivity contribution in [1.29, 1.82) is 0 Å². The predicted octanol–water partition coefficient (Wildman–Crippen LogP) is 1.43. The topological polar surface area (TPSA) is 78.6 Å². The summed E-state index contributed by atoms with van der Waals surface area (Å²) < 4.78 is 0. The lowest BCUT2D eigenvalue weighted by Gasteiger charge is -2.30. The van der Waals surface area contributed by atoms with Gasteiger partial charge in [-0.1, -0.05) is 6.92 Å². The Labute approximate surface area is 117 Å². The van der Waals surface area contributed by atoms with Crippen LogP contribution >= 0.6 is 11.3 Å². The monoisotopic (exact) mass is 283 g/mol. The summed E-state index contributed by atoms with van der Waals surface area (Å²) in [5.74, 6) is -0.104. The zero-order valence-corrected chi connectivity index (χ0v) is 12.0. The van der Waals surface area contributed by atoms with Gasteiger partial charge >= 0.3 is 0 Å². The molecule has 0 bridgehead atoms. The third-order valence-corrected chi connectivity index (χ3v) is 4.41. The van der Waals surface area contributed by atoms with Gasteiger partial charge in [-0.15, -0.1) is 11.3 Å². The highest BCUT2D eigenvalue weighted by Gasteiger charge is 2.22. The van der Waals surface area contributed by atoms with Gasteiger partial charge in [-0.25, -0.2) is 0 Å². The van der Waals surface area contributed by atoms with E-state index in [0.717, 1.165) is 30.8 Å². The number of carbonyl (C=O) groups is 1. The van der Waals surface area contributed by atoms with Crippen LogP contribution in [0.25, 0.3) is 0 Å². The summed E-state index contributed by atoms with van der Waals surface area (Å²) in [6.07, 6.45) is 2.44. The average Bonchev–Trinajstić information content (AvgIpc) is 2.78. The highest BCUT2D eigenvalue weighted by atomic mass is 32.1. The average molecular weight is 283 g/mol. The van der Waals surface area contributed by atoms with Crippen molar-refractivity contribution in [3.05, 3.63) is 10.9 Å². The van der Waals surface area contributed by atoms with Crippen molar-refractivity contribution >= 4 is 27.9 Å². The Hall–Kier alpha value is -1.27. The number of piperidine rings is 1. The first-order chi connectivity index (χ1) is 9.11. The van der Waals surface area contributed by atoms with E-state index in [9.17, 15) is 9.90 Å². The van der Waals surface area contributed by atoms with Gasteiger partial charge in [0.05, 0.1) is 16.8 Å². The number of anilines is 2. The Morgan fingerprint density at radius 2 is 2.47 bits per heavy atom. The lowest BCUT2D eigenvalue weighted by molar-refractivity contribution is 0.0958. The molecule has 0 radical (unpaired) electrons. The molecule has 4 N–H and O–H groups in total. The van der Waals surface area contributed by atoms with Crippen LogP contribution in [0, 0.1) is 0 Å². The van der Waals surface area contributed by atoms with E-state index >= 15 is 0 Å². The molecule has 19 heavy (non-hydrogen) atoms. The highest BCUT2D eigenvalue weighted by Crippen LogP contribution is 2.33. The summed E-state index contributed by atoms with van der Waals surface area (Å²) in [5.41, 5.74) is 6.44. The molecule has 1 aliphatic heterocycles. The van der Waals surface area contributed by atoms with Crippen LogP contribution in [-0.2, 0) is 0 Å². The molecule has 1 unspecified atom stereocenters. The quantitative estimate of drug-likeness (QED) is 0.781. The number of nitrogens with two attached hydrogens (primary N) is 1. The Morgan fingerprint density at radius 3 is 3.16 bits per heavy atom. The molecule has 1 atom stereocenters. The Morgan fingerprint density at radius 1 is 1.68 bits per heavy atom. The van der Waals surface area contributed by atoms with Crippen molar-refractivity contribution in [2.75, 3.05) is 30.3 Å². The molecule has 6 heteroatoms. The first-order valence-electron chi connectivity index (χ1n) is 6.72. The number of amides is 1. The number of β-amino-alcohol motifs (C(OH)–C–C–N with tert-alkyl or cyclic N) is 1. The molecule has 0 spiro atoms. The van der Waals surface area contributed by atoms with Gasteiger partial charge in [0.25, 0.3) is 5.91 Å². The van der Waals surface area contributed by atoms with E-state index in [1.165, 1.54) is 11.3 Å². The molecular formula is C13H21N3O2S. The zero-order chi connectivity index (χ0) is 13.8. The molecule has 2 rings (SSSR count). The fourth-order valence-electron chi connectivity index (χ4n) is 2.20. The summed E-state index contributed by atoms with van der Waals surface area (Å²) in [5, 5.41) is 13.5. The minimum Gasteiger partial charge on any atom is -0.397 e. The predicted molar refractivity (Wildman–Crippen MR) is 78.8 cm³/mol. The van der Waals surface area contributed by atoms with E-state index in [0.29, 0.717) is 23.7 Å². The third kappa shape index (κ3) is 3.39. The number of rotatable bonds is 4. The summed E-state index contributed by atoms with van der Waals surface area (Å²) in [6.45, 7) is 4.20. The van der Waals surface area contributed by atoms with Crippen molar-refractivity contribution in [3.8, 4) is 0 Å². The number of aliphatic hydroxyl groups is 1. The second-order valence-electron chi connectivity index (χ2n) is 4.87. The van der Waals surface area contributed by atoms with Gasteiger partial charge in [0.2, 0.25) is 0 Å². The largest absolute Gasteiger partial charge is 0.397 e. The van der Waals surface area contributed by atoms with Crippen LogP contribution in [-0.4, -0.2) is 36.8 Å². The number of aliphatic hydroxyl groups excluding tert-OH is 1. The SMILES string of the molecule is CCCNC(=O)c1sc(N2CCCC(O)C2)cc1N. The molecule has 0 aromatic carbocycles. The second kappa shape index (κ2) is 6.25. The molecule has 1 amide bonds. The van der Waals surface area contributed by atoms with E-state index in [1.54, 1.807) is 0 Å². The van der Waals surface area contributed by atoms with Gasteiger partial charge in [-0.05, 0) is 25.3 Å². The van der Waals surface area contributed by atoms with Crippen LogP contribution in [0.15, 0.2) is 6.07 Å². The third-order valence-electron chi connectivity index (χ3n) is 3.20. The van der Waals surface area contributed by atoms with Gasteiger partial charge < -0.3 is 21.1 Å². The van der Waals surface area contributed by atoms with Gasteiger partial charge in [0.15, 0.2) is 0 Å². The van der Waals surface area contributed by atoms with E-state index in [4.69, 9.17) is 5.73 Å². The fourth-order valence-corrected chi connectivity index (χ4v) is 3.23. The molecular weight excluding hydrogens is 262 g/mol. The minimum absolute atomic E-state index is 0.104. The fraction of sp³-hybridized carbons (Fsp3) is 0.615. The summed E-state index contributed by atoms with van der Waals surface area (Å²) >= 11 is 1.40. The van der Waals surface area contributed by atoms with Gasteiger partial charge in [0, 0.05) is 19.6 Å². The standard InChI is InChI=1S/C13H21N3O2S/c1-2-5-15-13(18)12-10(14)7-11(19-12)16-6-3-4-9(17)8-16/h7,9,17H,2-6,8,14H2,1H3,(H,15,18). The lowest BCUT2D eigenvalue weighted by Crippen LogP contribution is -2.37. The van der Waals surface area contributed by atoms with Gasteiger partial charge in [-0.2, -0.15) is 0 Å². The summed E-state index contributed by atoms with van der Waals surface area (Å²) in [7, 11) is 0. The molecule has 1 aliphatic rings. The van der Waals surface area contributed by atoms with Crippen LogP contribution in [0.2, 0.25) is 0 Å². The first-order valence-corrected chi connectivity index (χ1v) is 7.54. The maximum Gasteiger partial charge on any atom is 0.263 e. The number of nitrogens with one attached hydrogen (secondary N) is 1. The van der Waals surface area contributed by atoms with Crippen molar-refractivity contribution in [2.45, 2.75) is 32.3 Å². The smallest absolute Gasteiger partial charge is 0.263 e. The first kappa shape index (κ1) is 14.1. The van der Waals surface area contributed by atoms with Crippen molar-refractivity contribution in [1.82, 2.24) is 5.32 Å². The number of thiophene rings is 1. The molecule has 2 heterocycles. The van der Waals surface area contributed by atoms with E-state index < -0.39 is 0 Å². The normalized spacial score (nSPS) is 19.5. The van der Waals surface area contributed by atoms with Crippen molar-refractivity contribution < 1.29 is 9.90 Å². The molecule has 1 saturated heterocycles. The molecule has 1 aromatic heterocycles. The summed E-state index contributed by atoms with van der Waals surface area (Å²) in [6, 6.07) is 1.84. The van der Waals surface area contributed by atoms with Crippen molar-refractivity contribution in [3.63, 3.8) is 0 Å². The van der Waals surface area contributed by atoms with Crippen LogP contribution in [0.3, 0.4) is 0 Å².